The van der Waals surface area contributed by atoms with Gasteiger partial charge in [-0.1, -0.05) is 19.4 Å². The number of furan rings is 1. The number of amides is 1. The molecular weight excluding hydrogens is 502 g/mol. The molecule has 0 aliphatic carbocycles. The van der Waals surface area contributed by atoms with Crippen molar-refractivity contribution in [3.05, 3.63) is 77.3 Å². The van der Waals surface area contributed by atoms with Crippen LogP contribution in [0.15, 0.2) is 64.8 Å². The summed E-state index contributed by atoms with van der Waals surface area (Å²) in [5.74, 6) is 0.741. The molecule has 3 aromatic rings. The lowest BCUT2D eigenvalue weighted by Gasteiger charge is -2.25. The highest BCUT2D eigenvalue weighted by Crippen LogP contribution is 2.43. The average molecular weight is 534 g/mol. The lowest BCUT2D eigenvalue weighted by molar-refractivity contribution is -0.140. The van der Waals surface area contributed by atoms with E-state index in [-0.39, 0.29) is 17.9 Å². The molecule has 39 heavy (non-hydrogen) atoms. The first-order valence-corrected chi connectivity index (χ1v) is 13.1. The molecule has 3 heterocycles. The van der Waals surface area contributed by atoms with Gasteiger partial charge in [0, 0.05) is 5.56 Å². The minimum atomic E-state index is -0.896. The van der Waals surface area contributed by atoms with Crippen molar-refractivity contribution in [1.29, 1.82) is 0 Å². The van der Waals surface area contributed by atoms with Gasteiger partial charge in [-0.05, 0) is 61.4 Å². The lowest BCUT2D eigenvalue weighted by Crippen LogP contribution is -2.29. The smallest absolute Gasteiger partial charge is 0.296 e. The fraction of sp³-hybridized carbons (Fsp3) is 0.333. The molecule has 0 radical (unpaired) electrons. The van der Waals surface area contributed by atoms with Gasteiger partial charge < -0.3 is 33.4 Å². The van der Waals surface area contributed by atoms with Crippen LogP contribution in [0.5, 0.6) is 23.0 Å². The molecule has 2 aromatic carbocycles. The zero-order valence-corrected chi connectivity index (χ0v) is 22.0. The number of rotatable bonds is 10. The normalized spacial score (nSPS) is 17.9. The number of aliphatic hydroxyl groups excluding tert-OH is 1. The van der Waals surface area contributed by atoms with Gasteiger partial charge in [0.25, 0.3) is 11.7 Å². The highest BCUT2D eigenvalue weighted by molar-refractivity contribution is 6.46. The van der Waals surface area contributed by atoms with Crippen molar-refractivity contribution in [2.75, 3.05) is 26.4 Å². The van der Waals surface area contributed by atoms with Crippen molar-refractivity contribution in [3.8, 4) is 23.0 Å². The maximum Gasteiger partial charge on any atom is 0.296 e. The number of unbranched alkanes of at least 4 members (excludes halogenated alkanes) is 1. The summed E-state index contributed by atoms with van der Waals surface area (Å²) >= 11 is 0. The molecule has 1 N–H and O–H groups in total. The minimum Gasteiger partial charge on any atom is -0.507 e. The van der Waals surface area contributed by atoms with E-state index in [2.05, 4.69) is 6.92 Å². The molecule has 9 heteroatoms. The van der Waals surface area contributed by atoms with Crippen LogP contribution in [0.3, 0.4) is 0 Å². The van der Waals surface area contributed by atoms with Crippen LogP contribution in [-0.2, 0) is 16.1 Å². The molecule has 1 atom stereocenters. The Kier molecular flexibility index (Phi) is 7.76. The molecule has 0 unspecified atom stereocenters. The molecule has 0 bridgehead atoms. The zero-order chi connectivity index (χ0) is 27.4. The Morgan fingerprint density at radius 3 is 2.56 bits per heavy atom. The van der Waals surface area contributed by atoms with Gasteiger partial charge in [0.1, 0.15) is 24.7 Å². The zero-order valence-electron chi connectivity index (χ0n) is 22.0. The molecule has 2 aliphatic heterocycles. The predicted octanol–water partition coefficient (Wildman–Crippen LogP) is 5.25. The van der Waals surface area contributed by atoms with E-state index < -0.39 is 17.7 Å². The molecule has 9 nitrogen and oxygen atoms in total. The summed E-state index contributed by atoms with van der Waals surface area (Å²) in [6, 6.07) is 12.8. The van der Waals surface area contributed by atoms with E-state index in [1.807, 2.05) is 6.92 Å². The van der Waals surface area contributed by atoms with Crippen molar-refractivity contribution >= 4 is 17.4 Å². The number of Topliss-reactive ketones (excluding diaryl/α,β-unsaturated/α-hetero) is 1. The van der Waals surface area contributed by atoms with Crippen LogP contribution in [0.2, 0.25) is 0 Å². The van der Waals surface area contributed by atoms with Crippen molar-refractivity contribution in [2.24, 2.45) is 0 Å². The maximum absolute atomic E-state index is 13.4. The highest BCUT2D eigenvalue weighted by atomic mass is 16.6. The SMILES string of the molecule is CCCCOc1ccc([C@H]2C(=C(O)c3ccc4c(c3)OCCO4)C(=O)C(=O)N2Cc2ccco2)cc1OCC. The number of benzene rings is 2. The van der Waals surface area contributed by atoms with Gasteiger partial charge in [-0.3, -0.25) is 9.59 Å². The van der Waals surface area contributed by atoms with Crippen molar-refractivity contribution in [1.82, 2.24) is 4.90 Å². The predicted molar refractivity (Wildman–Crippen MR) is 142 cm³/mol. The number of likely N-dealkylation sites (tertiary alicyclic amines) is 1. The number of hydrogen-bond acceptors (Lipinski definition) is 8. The van der Waals surface area contributed by atoms with Gasteiger partial charge in [0.2, 0.25) is 0 Å². The number of ether oxygens (including phenoxy) is 4. The molecule has 1 aromatic heterocycles. The van der Waals surface area contributed by atoms with Gasteiger partial charge in [-0.2, -0.15) is 0 Å². The highest BCUT2D eigenvalue weighted by Gasteiger charge is 2.46. The third-order valence-electron chi connectivity index (χ3n) is 6.60. The van der Waals surface area contributed by atoms with Crippen LogP contribution < -0.4 is 18.9 Å². The Balaban J connectivity index is 1.61. The molecular formula is C30H31NO8. The first-order chi connectivity index (χ1) is 19.0. The topological polar surface area (TPSA) is 108 Å². The average Bonchev–Trinajstić information content (AvgIpc) is 3.56. The molecule has 0 saturated carbocycles. The number of carbonyl (C=O) groups is 2. The van der Waals surface area contributed by atoms with E-state index in [0.29, 0.717) is 66.3 Å². The Morgan fingerprint density at radius 2 is 1.82 bits per heavy atom. The standard InChI is InChI=1S/C30H31NO8/c1-3-5-12-37-22-10-8-19(16-24(22)35-4-2)27-26(29(33)30(34)31(27)18-21-7-6-13-36-21)28(32)20-9-11-23-25(17-20)39-15-14-38-23/h6-11,13,16-17,27,32H,3-5,12,14-15,18H2,1-2H3/t27-/m0/s1. The molecule has 1 fully saturated rings. The fourth-order valence-corrected chi connectivity index (χ4v) is 4.71. The van der Waals surface area contributed by atoms with Crippen molar-refractivity contribution in [2.45, 2.75) is 39.3 Å². The summed E-state index contributed by atoms with van der Waals surface area (Å²) in [4.78, 5) is 28.2. The number of aliphatic hydroxyl groups is 1. The number of fused-ring (bicyclic) bond motifs is 1. The van der Waals surface area contributed by atoms with Crippen LogP contribution in [0, 0.1) is 0 Å². The first-order valence-electron chi connectivity index (χ1n) is 13.1. The molecule has 2 aliphatic rings. The van der Waals surface area contributed by atoms with E-state index in [0.717, 1.165) is 12.8 Å². The third-order valence-corrected chi connectivity index (χ3v) is 6.60. The van der Waals surface area contributed by atoms with E-state index in [4.69, 9.17) is 23.4 Å². The van der Waals surface area contributed by atoms with Gasteiger partial charge in [0.05, 0.1) is 37.6 Å². The lowest BCUT2D eigenvalue weighted by atomic mass is 9.94. The second-order valence-corrected chi connectivity index (χ2v) is 9.21. The van der Waals surface area contributed by atoms with Gasteiger partial charge in [-0.15, -0.1) is 0 Å². The van der Waals surface area contributed by atoms with Crippen LogP contribution >= 0.6 is 0 Å². The third kappa shape index (κ3) is 5.30. The number of hydrogen-bond donors (Lipinski definition) is 1. The number of carbonyl (C=O) groups excluding carboxylic acids is 2. The van der Waals surface area contributed by atoms with Crippen LogP contribution in [0.4, 0.5) is 0 Å². The summed E-state index contributed by atoms with van der Waals surface area (Å²) in [5, 5.41) is 11.5. The second-order valence-electron chi connectivity index (χ2n) is 9.21. The molecule has 1 saturated heterocycles. The molecule has 204 valence electrons. The summed E-state index contributed by atoms with van der Waals surface area (Å²) in [6.07, 6.45) is 3.39. The summed E-state index contributed by atoms with van der Waals surface area (Å²) in [5.41, 5.74) is 0.890. The fourth-order valence-electron chi connectivity index (χ4n) is 4.71. The molecule has 0 spiro atoms. The molecule has 1 amide bonds. The largest absolute Gasteiger partial charge is 0.507 e. The number of nitrogens with zero attached hydrogens (tertiary/aromatic N) is 1. The van der Waals surface area contributed by atoms with E-state index in [9.17, 15) is 14.7 Å². The van der Waals surface area contributed by atoms with Gasteiger partial charge >= 0.3 is 0 Å². The van der Waals surface area contributed by atoms with E-state index >= 15 is 0 Å². The molecule has 5 rings (SSSR count). The quantitative estimate of drug-likeness (QED) is 0.163. The van der Waals surface area contributed by atoms with Crippen LogP contribution in [0.25, 0.3) is 5.76 Å². The van der Waals surface area contributed by atoms with Gasteiger partial charge in [-0.25, -0.2) is 0 Å². The monoisotopic (exact) mass is 533 g/mol. The van der Waals surface area contributed by atoms with E-state index in [1.165, 1.54) is 11.2 Å². The van der Waals surface area contributed by atoms with E-state index in [1.54, 1.807) is 48.5 Å². The Bertz CT molecular complexity index is 1380. The summed E-state index contributed by atoms with van der Waals surface area (Å²) < 4.78 is 28.5. The Hall–Kier alpha value is -4.40. The second kappa shape index (κ2) is 11.6. The van der Waals surface area contributed by atoms with Crippen LogP contribution in [-0.4, -0.2) is 48.1 Å². The number of ketones is 1. The van der Waals surface area contributed by atoms with Crippen molar-refractivity contribution in [3.63, 3.8) is 0 Å². The van der Waals surface area contributed by atoms with Crippen LogP contribution in [0.1, 0.15) is 49.6 Å². The Labute approximate surface area is 226 Å². The van der Waals surface area contributed by atoms with Crippen molar-refractivity contribution < 1.29 is 38.1 Å². The minimum absolute atomic E-state index is 0.0367. The van der Waals surface area contributed by atoms with Gasteiger partial charge in [0.15, 0.2) is 23.0 Å². The Morgan fingerprint density at radius 1 is 1.00 bits per heavy atom. The first kappa shape index (κ1) is 26.2. The maximum atomic E-state index is 13.4. The summed E-state index contributed by atoms with van der Waals surface area (Å²) in [7, 11) is 0. The summed E-state index contributed by atoms with van der Waals surface area (Å²) in [6.45, 7) is 5.73.